The molecule has 3 rings (SSSR count). The van der Waals surface area contributed by atoms with Crippen LogP contribution in [-0.2, 0) is 15.5 Å². The quantitative estimate of drug-likeness (QED) is 0.808. The van der Waals surface area contributed by atoms with Crippen molar-refractivity contribution in [2.45, 2.75) is 30.5 Å². The van der Waals surface area contributed by atoms with Crippen molar-refractivity contribution in [3.63, 3.8) is 0 Å². The molecule has 1 heterocycles. The van der Waals surface area contributed by atoms with Crippen LogP contribution in [0, 0.1) is 0 Å². The highest BCUT2D eigenvalue weighted by molar-refractivity contribution is 8.13. The van der Waals surface area contributed by atoms with E-state index < -0.39 is 9.05 Å². The molecular formula is C12H11Cl2N3O2S. The van der Waals surface area contributed by atoms with Gasteiger partial charge in [-0.25, -0.2) is 8.42 Å². The molecule has 8 heteroatoms. The molecule has 20 heavy (non-hydrogen) atoms. The number of hydrogen-bond acceptors (Lipinski definition) is 4. The van der Waals surface area contributed by atoms with Gasteiger partial charge in [0.1, 0.15) is 5.82 Å². The van der Waals surface area contributed by atoms with Gasteiger partial charge in [-0.3, -0.25) is 4.57 Å². The van der Waals surface area contributed by atoms with E-state index in [2.05, 4.69) is 10.2 Å². The highest BCUT2D eigenvalue weighted by Crippen LogP contribution is 2.38. The molecule has 1 aromatic carbocycles. The fourth-order valence-corrected chi connectivity index (χ4v) is 3.28. The van der Waals surface area contributed by atoms with Gasteiger partial charge in [-0.15, -0.1) is 10.2 Å². The van der Waals surface area contributed by atoms with Gasteiger partial charge >= 0.3 is 0 Å². The van der Waals surface area contributed by atoms with Crippen LogP contribution in [0.15, 0.2) is 29.4 Å². The van der Waals surface area contributed by atoms with Crippen molar-refractivity contribution in [3.05, 3.63) is 40.7 Å². The summed E-state index contributed by atoms with van der Waals surface area (Å²) in [5.41, 5.74) is 0.949. The van der Waals surface area contributed by atoms with E-state index >= 15 is 0 Å². The largest absolute Gasteiger partial charge is 0.297 e. The van der Waals surface area contributed by atoms with Gasteiger partial charge in [-0.1, -0.05) is 23.7 Å². The van der Waals surface area contributed by atoms with Crippen LogP contribution in [0.5, 0.6) is 0 Å². The van der Waals surface area contributed by atoms with Gasteiger partial charge in [0.2, 0.25) is 0 Å². The van der Waals surface area contributed by atoms with Crippen molar-refractivity contribution >= 4 is 31.3 Å². The second-order valence-corrected chi connectivity index (χ2v) is 7.64. The van der Waals surface area contributed by atoms with Crippen molar-refractivity contribution in [1.82, 2.24) is 14.8 Å². The Morgan fingerprint density at radius 2 is 2.05 bits per heavy atom. The van der Waals surface area contributed by atoms with E-state index in [-0.39, 0.29) is 11.2 Å². The number of hydrogen-bond donors (Lipinski definition) is 0. The van der Waals surface area contributed by atoms with E-state index in [0.717, 1.165) is 18.4 Å². The lowest BCUT2D eigenvalue weighted by atomic mass is 10.1. The molecule has 106 valence electrons. The first-order chi connectivity index (χ1) is 9.45. The lowest BCUT2D eigenvalue weighted by molar-refractivity contribution is 0.571. The molecular weight excluding hydrogens is 321 g/mol. The van der Waals surface area contributed by atoms with Crippen LogP contribution in [0.4, 0.5) is 0 Å². The molecule has 0 bridgehead atoms. The zero-order chi connectivity index (χ0) is 14.3. The first kappa shape index (κ1) is 13.9. The van der Waals surface area contributed by atoms with Crippen LogP contribution < -0.4 is 0 Å². The summed E-state index contributed by atoms with van der Waals surface area (Å²) in [6.45, 7) is 0. The molecule has 0 atom stereocenters. The third kappa shape index (κ3) is 2.82. The molecule has 2 aromatic rings. The van der Waals surface area contributed by atoms with E-state index in [1.165, 1.54) is 0 Å². The van der Waals surface area contributed by atoms with Gasteiger partial charge < -0.3 is 0 Å². The summed E-state index contributed by atoms with van der Waals surface area (Å²) in [4.78, 5) is 0. The normalized spacial score (nSPS) is 15.5. The smallest absolute Gasteiger partial charge is 0.296 e. The summed E-state index contributed by atoms with van der Waals surface area (Å²) >= 11 is 5.94. The third-order valence-corrected chi connectivity index (χ3v) is 4.48. The second kappa shape index (κ2) is 5.02. The molecule has 0 unspecified atom stereocenters. The van der Waals surface area contributed by atoms with Gasteiger partial charge in [0.05, 0.1) is 0 Å². The number of nitrogens with zero attached hydrogens (tertiary/aromatic N) is 3. The van der Waals surface area contributed by atoms with Crippen LogP contribution >= 0.6 is 22.3 Å². The molecule has 1 aliphatic rings. The van der Waals surface area contributed by atoms with Crippen LogP contribution in [0.2, 0.25) is 5.02 Å². The van der Waals surface area contributed by atoms with Crippen molar-refractivity contribution in [2.24, 2.45) is 0 Å². The van der Waals surface area contributed by atoms with Crippen LogP contribution in [-0.4, -0.2) is 23.2 Å². The van der Waals surface area contributed by atoms with Crippen molar-refractivity contribution in [1.29, 1.82) is 0 Å². The first-order valence-electron chi connectivity index (χ1n) is 6.08. The Morgan fingerprint density at radius 1 is 1.30 bits per heavy atom. The van der Waals surface area contributed by atoms with E-state index in [1.807, 2.05) is 18.2 Å². The Labute approximate surface area is 126 Å². The molecule has 0 spiro atoms. The lowest BCUT2D eigenvalue weighted by Crippen LogP contribution is -2.08. The predicted molar refractivity (Wildman–Crippen MR) is 75.6 cm³/mol. The summed E-state index contributed by atoms with van der Waals surface area (Å²) in [6.07, 6.45) is 2.30. The number of benzene rings is 1. The molecule has 0 aliphatic heterocycles. The fourth-order valence-electron chi connectivity index (χ4n) is 2.12. The maximum absolute atomic E-state index is 11.5. The third-order valence-electron chi connectivity index (χ3n) is 3.12. The Kier molecular flexibility index (Phi) is 3.48. The standard InChI is InChI=1S/C12H11Cl2N3O2S/c13-9-3-1-2-8(6-9)7-11-15-16-12(20(14,18)19)17(11)10-4-5-10/h1-3,6,10H,4-5,7H2. The first-order valence-corrected chi connectivity index (χ1v) is 8.77. The summed E-state index contributed by atoms with van der Waals surface area (Å²) < 4.78 is 24.7. The molecule has 1 saturated carbocycles. The minimum absolute atomic E-state index is 0.128. The zero-order valence-corrected chi connectivity index (χ0v) is 12.7. The van der Waals surface area contributed by atoms with Gasteiger partial charge in [0, 0.05) is 28.2 Å². The highest BCUT2D eigenvalue weighted by atomic mass is 35.7. The van der Waals surface area contributed by atoms with Crippen LogP contribution in [0.1, 0.15) is 30.3 Å². The summed E-state index contributed by atoms with van der Waals surface area (Å²) in [5, 5.41) is 8.16. The van der Waals surface area contributed by atoms with Crippen molar-refractivity contribution in [2.75, 3.05) is 0 Å². The minimum Gasteiger partial charge on any atom is -0.297 e. The van der Waals surface area contributed by atoms with Crippen LogP contribution in [0.25, 0.3) is 0 Å². The van der Waals surface area contributed by atoms with Gasteiger partial charge in [0.15, 0.2) is 0 Å². The second-order valence-electron chi connectivity index (χ2n) is 4.74. The van der Waals surface area contributed by atoms with Gasteiger partial charge in [-0.2, -0.15) is 0 Å². The van der Waals surface area contributed by atoms with E-state index in [9.17, 15) is 8.42 Å². The Morgan fingerprint density at radius 3 is 2.65 bits per heavy atom. The summed E-state index contributed by atoms with van der Waals surface area (Å²) in [5.74, 6) is 0.592. The number of halogens is 2. The Bertz CT molecular complexity index is 754. The molecule has 0 saturated heterocycles. The average molecular weight is 332 g/mol. The monoisotopic (exact) mass is 331 g/mol. The van der Waals surface area contributed by atoms with E-state index in [4.69, 9.17) is 22.3 Å². The zero-order valence-electron chi connectivity index (χ0n) is 10.3. The topological polar surface area (TPSA) is 64.8 Å². The molecule has 5 nitrogen and oxygen atoms in total. The lowest BCUT2D eigenvalue weighted by Gasteiger charge is -2.07. The van der Waals surface area contributed by atoms with Crippen molar-refractivity contribution in [3.8, 4) is 0 Å². The van der Waals surface area contributed by atoms with E-state index in [0.29, 0.717) is 17.3 Å². The molecule has 1 aliphatic carbocycles. The summed E-state index contributed by atoms with van der Waals surface area (Å²) in [7, 11) is 1.52. The predicted octanol–water partition coefficient (Wildman–Crippen LogP) is 2.78. The van der Waals surface area contributed by atoms with Crippen molar-refractivity contribution < 1.29 is 8.42 Å². The SMILES string of the molecule is O=S(=O)(Cl)c1nnc(Cc2cccc(Cl)c2)n1C1CC1. The molecule has 1 aromatic heterocycles. The number of aromatic nitrogens is 3. The molecule has 0 N–H and O–H groups in total. The molecule has 0 amide bonds. The summed E-state index contributed by atoms with van der Waals surface area (Å²) in [6, 6.07) is 7.48. The average Bonchev–Trinajstić information content (AvgIpc) is 3.09. The van der Waals surface area contributed by atoms with Gasteiger partial charge in [0.25, 0.3) is 14.2 Å². The Balaban J connectivity index is 2.00. The molecule has 1 fully saturated rings. The fraction of sp³-hybridized carbons (Fsp3) is 0.333. The van der Waals surface area contributed by atoms with Gasteiger partial charge in [-0.05, 0) is 30.5 Å². The maximum atomic E-state index is 11.5. The highest BCUT2D eigenvalue weighted by Gasteiger charge is 2.33. The minimum atomic E-state index is -3.88. The Hall–Kier alpha value is -1.11. The molecule has 0 radical (unpaired) electrons. The maximum Gasteiger partial charge on any atom is 0.296 e. The number of rotatable bonds is 4. The van der Waals surface area contributed by atoms with E-state index in [1.54, 1.807) is 10.6 Å². The van der Waals surface area contributed by atoms with Crippen LogP contribution in [0.3, 0.4) is 0 Å².